The second-order valence-electron chi connectivity index (χ2n) is 4.65. The van der Waals surface area contributed by atoms with E-state index in [2.05, 4.69) is 0 Å². The SMILES string of the molecule is C[C@H](N)C(O)c1cccc(OCc2ccccc2)c1. The van der Waals surface area contributed by atoms with E-state index in [0.717, 1.165) is 16.9 Å². The van der Waals surface area contributed by atoms with E-state index >= 15 is 0 Å². The first-order valence-electron chi connectivity index (χ1n) is 6.37. The van der Waals surface area contributed by atoms with Gasteiger partial charge in [-0.3, -0.25) is 0 Å². The number of aliphatic hydroxyl groups is 1. The van der Waals surface area contributed by atoms with E-state index in [1.54, 1.807) is 6.92 Å². The normalized spacial score (nSPS) is 13.8. The molecule has 0 aliphatic carbocycles. The third kappa shape index (κ3) is 3.81. The van der Waals surface area contributed by atoms with Crippen LogP contribution in [0, 0.1) is 0 Å². The summed E-state index contributed by atoms with van der Waals surface area (Å²) in [6.07, 6.45) is -0.666. The van der Waals surface area contributed by atoms with Crippen LogP contribution in [0.25, 0.3) is 0 Å². The Morgan fingerprint density at radius 2 is 1.84 bits per heavy atom. The molecule has 0 aliphatic rings. The topological polar surface area (TPSA) is 55.5 Å². The van der Waals surface area contributed by atoms with Crippen LogP contribution >= 0.6 is 0 Å². The molecule has 0 aliphatic heterocycles. The molecule has 0 heterocycles. The second-order valence-corrected chi connectivity index (χ2v) is 4.65. The molecular formula is C16H19NO2. The molecule has 0 saturated carbocycles. The molecule has 2 aromatic carbocycles. The number of aliphatic hydroxyl groups excluding tert-OH is 1. The zero-order valence-electron chi connectivity index (χ0n) is 11.0. The zero-order chi connectivity index (χ0) is 13.7. The average molecular weight is 257 g/mol. The van der Waals surface area contributed by atoms with Crippen LogP contribution in [0.15, 0.2) is 54.6 Å². The molecule has 3 N–H and O–H groups in total. The van der Waals surface area contributed by atoms with Crippen LogP contribution in [-0.4, -0.2) is 11.1 Å². The lowest BCUT2D eigenvalue weighted by atomic mass is 10.0. The Bertz CT molecular complexity index is 511. The van der Waals surface area contributed by atoms with E-state index in [-0.39, 0.29) is 6.04 Å². The molecule has 0 amide bonds. The molecule has 100 valence electrons. The maximum atomic E-state index is 9.93. The molecule has 0 bridgehead atoms. The molecule has 3 nitrogen and oxygen atoms in total. The molecule has 2 atom stereocenters. The number of hydrogen-bond donors (Lipinski definition) is 2. The van der Waals surface area contributed by atoms with Crippen molar-refractivity contribution in [1.82, 2.24) is 0 Å². The molecule has 1 unspecified atom stereocenters. The van der Waals surface area contributed by atoms with E-state index in [1.807, 2.05) is 54.6 Å². The van der Waals surface area contributed by atoms with Crippen LogP contribution in [-0.2, 0) is 6.61 Å². The first kappa shape index (κ1) is 13.6. The number of ether oxygens (including phenoxy) is 1. The quantitative estimate of drug-likeness (QED) is 0.865. The summed E-state index contributed by atoms with van der Waals surface area (Å²) in [5, 5.41) is 9.93. The molecule has 0 radical (unpaired) electrons. The summed E-state index contributed by atoms with van der Waals surface area (Å²) in [6.45, 7) is 2.29. The van der Waals surface area contributed by atoms with Crippen LogP contribution < -0.4 is 10.5 Å². The Morgan fingerprint density at radius 3 is 2.53 bits per heavy atom. The van der Waals surface area contributed by atoms with Gasteiger partial charge in [0.05, 0.1) is 6.10 Å². The highest BCUT2D eigenvalue weighted by atomic mass is 16.5. The molecule has 2 rings (SSSR count). The van der Waals surface area contributed by atoms with Gasteiger partial charge in [-0.05, 0) is 30.2 Å². The summed E-state index contributed by atoms with van der Waals surface area (Å²) in [5.74, 6) is 0.737. The van der Waals surface area contributed by atoms with Crippen molar-refractivity contribution < 1.29 is 9.84 Å². The van der Waals surface area contributed by atoms with Gasteiger partial charge in [0.15, 0.2) is 0 Å². The fourth-order valence-electron chi connectivity index (χ4n) is 1.83. The summed E-state index contributed by atoms with van der Waals surface area (Å²) in [4.78, 5) is 0. The minimum atomic E-state index is -0.666. The van der Waals surface area contributed by atoms with Crippen molar-refractivity contribution >= 4 is 0 Å². The highest BCUT2D eigenvalue weighted by molar-refractivity contribution is 5.30. The number of nitrogens with two attached hydrogens (primary N) is 1. The predicted octanol–water partition coefficient (Wildman–Crippen LogP) is 2.65. The van der Waals surface area contributed by atoms with E-state index in [0.29, 0.717) is 6.61 Å². The molecule has 19 heavy (non-hydrogen) atoms. The van der Waals surface area contributed by atoms with Crippen LogP contribution in [0.5, 0.6) is 5.75 Å². The Balaban J connectivity index is 2.03. The predicted molar refractivity (Wildman–Crippen MR) is 75.8 cm³/mol. The fraction of sp³-hybridized carbons (Fsp3) is 0.250. The Labute approximate surface area is 113 Å². The fourth-order valence-corrected chi connectivity index (χ4v) is 1.83. The summed E-state index contributed by atoms with van der Waals surface area (Å²) in [7, 11) is 0. The molecule has 3 heteroatoms. The van der Waals surface area contributed by atoms with Crippen molar-refractivity contribution in [3.63, 3.8) is 0 Å². The van der Waals surface area contributed by atoms with Gasteiger partial charge in [-0.1, -0.05) is 42.5 Å². The van der Waals surface area contributed by atoms with Gasteiger partial charge in [-0.2, -0.15) is 0 Å². The first-order chi connectivity index (χ1) is 9.16. The second kappa shape index (κ2) is 6.36. The Morgan fingerprint density at radius 1 is 1.11 bits per heavy atom. The van der Waals surface area contributed by atoms with Crippen LogP contribution in [0.2, 0.25) is 0 Å². The lowest BCUT2D eigenvalue weighted by Crippen LogP contribution is -2.24. The molecular weight excluding hydrogens is 238 g/mol. The monoisotopic (exact) mass is 257 g/mol. The van der Waals surface area contributed by atoms with E-state index in [9.17, 15) is 5.11 Å². The van der Waals surface area contributed by atoms with Crippen LogP contribution in [0.4, 0.5) is 0 Å². The molecule has 0 fully saturated rings. The van der Waals surface area contributed by atoms with Gasteiger partial charge < -0.3 is 15.6 Å². The van der Waals surface area contributed by atoms with Gasteiger partial charge in [0.1, 0.15) is 12.4 Å². The summed E-state index contributed by atoms with van der Waals surface area (Å²) in [6, 6.07) is 17.1. The minimum Gasteiger partial charge on any atom is -0.489 e. The van der Waals surface area contributed by atoms with Crippen molar-refractivity contribution in [3.05, 3.63) is 65.7 Å². The molecule has 0 spiro atoms. The number of benzene rings is 2. The maximum absolute atomic E-state index is 9.93. The number of rotatable bonds is 5. The molecule has 0 saturated heterocycles. The third-order valence-electron chi connectivity index (χ3n) is 2.95. The largest absolute Gasteiger partial charge is 0.489 e. The van der Waals surface area contributed by atoms with Crippen molar-refractivity contribution in [3.8, 4) is 5.75 Å². The zero-order valence-corrected chi connectivity index (χ0v) is 11.0. The smallest absolute Gasteiger partial charge is 0.120 e. The van der Waals surface area contributed by atoms with Gasteiger partial charge >= 0.3 is 0 Å². The summed E-state index contributed by atoms with van der Waals surface area (Å²) in [5.41, 5.74) is 7.58. The van der Waals surface area contributed by atoms with Gasteiger partial charge in [0.25, 0.3) is 0 Å². The van der Waals surface area contributed by atoms with Crippen molar-refractivity contribution in [2.75, 3.05) is 0 Å². The minimum absolute atomic E-state index is 0.302. The van der Waals surface area contributed by atoms with Crippen molar-refractivity contribution in [2.24, 2.45) is 5.73 Å². The molecule has 2 aromatic rings. The third-order valence-corrected chi connectivity index (χ3v) is 2.95. The highest BCUT2D eigenvalue weighted by Crippen LogP contribution is 2.21. The van der Waals surface area contributed by atoms with E-state index in [1.165, 1.54) is 0 Å². The van der Waals surface area contributed by atoms with Crippen LogP contribution in [0.3, 0.4) is 0 Å². The van der Waals surface area contributed by atoms with E-state index in [4.69, 9.17) is 10.5 Å². The standard InChI is InChI=1S/C16H19NO2/c1-12(17)16(18)14-8-5-9-15(10-14)19-11-13-6-3-2-4-7-13/h2-10,12,16,18H,11,17H2,1H3/t12-,16?/m0/s1. The van der Waals surface area contributed by atoms with Gasteiger partial charge in [0, 0.05) is 6.04 Å². The van der Waals surface area contributed by atoms with Crippen LogP contribution in [0.1, 0.15) is 24.2 Å². The lowest BCUT2D eigenvalue weighted by Gasteiger charge is -2.16. The molecule has 0 aromatic heterocycles. The lowest BCUT2D eigenvalue weighted by molar-refractivity contribution is 0.153. The Kier molecular flexibility index (Phi) is 4.55. The Hall–Kier alpha value is -1.84. The van der Waals surface area contributed by atoms with Gasteiger partial charge in [-0.25, -0.2) is 0 Å². The summed E-state index contributed by atoms with van der Waals surface area (Å²) < 4.78 is 5.71. The van der Waals surface area contributed by atoms with Gasteiger partial charge in [-0.15, -0.1) is 0 Å². The average Bonchev–Trinajstić information content (AvgIpc) is 2.45. The van der Waals surface area contributed by atoms with Crippen molar-refractivity contribution in [2.45, 2.75) is 25.7 Å². The van der Waals surface area contributed by atoms with Gasteiger partial charge in [0.2, 0.25) is 0 Å². The van der Waals surface area contributed by atoms with E-state index < -0.39 is 6.10 Å². The highest BCUT2D eigenvalue weighted by Gasteiger charge is 2.12. The number of hydrogen-bond acceptors (Lipinski definition) is 3. The van der Waals surface area contributed by atoms with Crippen molar-refractivity contribution in [1.29, 1.82) is 0 Å². The maximum Gasteiger partial charge on any atom is 0.120 e. The summed E-state index contributed by atoms with van der Waals surface area (Å²) >= 11 is 0. The first-order valence-corrected chi connectivity index (χ1v) is 6.37.